The molecule has 1 heterocycles. The van der Waals surface area contributed by atoms with Crippen LogP contribution in [0.25, 0.3) is 0 Å². The van der Waals surface area contributed by atoms with Gasteiger partial charge in [-0.1, -0.05) is 0 Å². The van der Waals surface area contributed by atoms with E-state index in [1.54, 1.807) is 13.8 Å². The quantitative estimate of drug-likeness (QED) is 0.529. The van der Waals surface area contributed by atoms with Crippen LogP contribution in [0.4, 0.5) is 17.3 Å². The number of aromatic nitrogens is 1. The maximum atomic E-state index is 10.8. The van der Waals surface area contributed by atoms with Gasteiger partial charge in [0.15, 0.2) is 0 Å². The number of nitrogens with one attached hydrogen (secondary N) is 1. The van der Waals surface area contributed by atoms with Gasteiger partial charge >= 0.3 is 11.7 Å². The van der Waals surface area contributed by atoms with Gasteiger partial charge < -0.3 is 16.2 Å². The minimum Gasteiger partial charge on any atom is -0.481 e. The van der Waals surface area contributed by atoms with Crippen molar-refractivity contribution in [3.63, 3.8) is 0 Å². The Kier molecular flexibility index (Phi) is 4.03. The number of carboxylic acids is 1. The zero-order valence-corrected chi connectivity index (χ0v) is 9.95. The van der Waals surface area contributed by atoms with Crippen molar-refractivity contribution in [1.82, 2.24) is 4.98 Å². The van der Waals surface area contributed by atoms with Crippen LogP contribution < -0.4 is 11.1 Å². The van der Waals surface area contributed by atoms with Crippen LogP contribution in [0, 0.1) is 16.0 Å². The summed E-state index contributed by atoms with van der Waals surface area (Å²) in [6.07, 6.45) is 0. The first-order chi connectivity index (χ1) is 8.32. The fraction of sp³-hybridized carbons (Fsp3) is 0.400. The molecule has 2 unspecified atom stereocenters. The Morgan fingerprint density at radius 1 is 1.56 bits per heavy atom. The maximum Gasteiger partial charge on any atom is 0.311 e. The van der Waals surface area contributed by atoms with E-state index in [1.165, 1.54) is 12.1 Å². The molecular formula is C10H14N4O4. The molecule has 0 saturated heterocycles. The minimum atomic E-state index is -0.940. The molecule has 0 bridgehead atoms. The van der Waals surface area contributed by atoms with Gasteiger partial charge in [-0.2, -0.15) is 0 Å². The van der Waals surface area contributed by atoms with Crippen LogP contribution in [0.5, 0.6) is 0 Å². The van der Waals surface area contributed by atoms with Gasteiger partial charge in [0, 0.05) is 12.1 Å². The summed E-state index contributed by atoms with van der Waals surface area (Å²) in [7, 11) is 0. The lowest BCUT2D eigenvalue weighted by atomic mass is 10.0. The number of carboxylic acid groups (broad SMARTS) is 1. The minimum absolute atomic E-state index is 0.208. The number of hydrogen-bond donors (Lipinski definition) is 3. The zero-order chi connectivity index (χ0) is 13.9. The zero-order valence-electron chi connectivity index (χ0n) is 9.95. The first-order valence-electron chi connectivity index (χ1n) is 5.23. The first kappa shape index (κ1) is 13.7. The van der Waals surface area contributed by atoms with Crippen molar-refractivity contribution in [2.24, 2.45) is 5.92 Å². The van der Waals surface area contributed by atoms with E-state index in [0.29, 0.717) is 5.82 Å². The van der Waals surface area contributed by atoms with E-state index in [4.69, 9.17) is 10.8 Å². The molecular weight excluding hydrogens is 240 g/mol. The second-order valence-corrected chi connectivity index (χ2v) is 3.92. The number of hydrogen-bond acceptors (Lipinski definition) is 6. The van der Waals surface area contributed by atoms with Gasteiger partial charge in [-0.15, -0.1) is 0 Å². The van der Waals surface area contributed by atoms with Crippen molar-refractivity contribution < 1.29 is 14.8 Å². The Morgan fingerprint density at radius 3 is 2.61 bits per heavy atom. The summed E-state index contributed by atoms with van der Waals surface area (Å²) in [5.74, 6) is -1.47. The van der Waals surface area contributed by atoms with Crippen molar-refractivity contribution in [1.29, 1.82) is 0 Å². The predicted octanol–water partition coefficient (Wildman–Crippen LogP) is 1.09. The van der Waals surface area contributed by atoms with Crippen LogP contribution in [0.3, 0.4) is 0 Å². The van der Waals surface area contributed by atoms with Gasteiger partial charge in [0.1, 0.15) is 5.82 Å². The van der Waals surface area contributed by atoms with Crippen LogP contribution in [0.15, 0.2) is 12.1 Å². The number of carbonyl (C=O) groups is 1. The molecule has 0 aromatic carbocycles. The molecule has 1 aromatic heterocycles. The van der Waals surface area contributed by atoms with Gasteiger partial charge in [0.05, 0.1) is 10.8 Å². The summed E-state index contributed by atoms with van der Waals surface area (Å²) in [6.45, 7) is 3.23. The van der Waals surface area contributed by atoms with E-state index in [0.717, 1.165) is 0 Å². The molecule has 8 heteroatoms. The summed E-state index contributed by atoms with van der Waals surface area (Å²) in [5.41, 5.74) is 5.15. The average Bonchev–Trinajstić information content (AvgIpc) is 2.27. The predicted molar refractivity (Wildman–Crippen MR) is 65.2 cm³/mol. The van der Waals surface area contributed by atoms with Gasteiger partial charge in [0.25, 0.3) is 0 Å². The lowest BCUT2D eigenvalue weighted by molar-refractivity contribution is -0.384. The van der Waals surface area contributed by atoms with Gasteiger partial charge in [-0.05, 0) is 19.9 Å². The van der Waals surface area contributed by atoms with Crippen molar-refractivity contribution in [2.45, 2.75) is 19.9 Å². The summed E-state index contributed by atoms with van der Waals surface area (Å²) in [5, 5.41) is 22.2. The molecule has 0 aliphatic rings. The SMILES string of the molecule is CC(Nc1ccc([N+](=O)[O-])c(N)n1)C(C)C(=O)O. The largest absolute Gasteiger partial charge is 0.481 e. The lowest BCUT2D eigenvalue weighted by Crippen LogP contribution is -2.30. The van der Waals surface area contributed by atoms with E-state index >= 15 is 0 Å². The monoisotopic (exact) mass is 254 g/mol. The Bertz CT molecular complexity index is 477. The number of pyridine rings is 1. The number of nitrogen functional groups attached to an aromatic ring is 1. The van der Waals surface area contributed by atoms with E-state index in [9.17, 15) is 14.9 Å². The third-order valence-electron chi connectivity index (χ3n) is 2.61. The van der Waals surface area contributed by atoms with Gasteiger partial charge in [0.2, 0.25) is 5.82 Å². The number of nitrogens with two attached hydrogens (primary N) is 1. The second kappa shape index (κ2) is 5.30. The van der Waals surface area contributed by atoms with Crippen LogP contribution in [0.2, 0.25) is 0 Å². The van der Waals surface area contributed by atoms with Crippen LogP contribution in [-0.2, 0) is 4.79 Å². The molecule has 18 heavy (non-hydrogen) atoms. The van der Waals surface area contributed by atoms with Gasteiger partial charge in [-0.25, -0.2) is 4.98 Å². The van der Waals surface area contributed by atoms with Crippen molar-refractivity contribution in [3.8, 4) is 0 Å². The molecule has 0 fully saturated rings. The summed E-state index contributed by atoms with van der Waals surface area (Å²) in [6, 6.07) is 2.23. The topological polar surface area (TPSA) is 131 Å². The Hall–Kier alpha value is -2.38. The highest BCUT2D eigenvalue weighted by Crippen LogP contribution is 2.21. The van der Waals surface area contributed by atoms with E-state index in [1.807, 2.05) is 0 Å². The van der Waals surface area contributed by atoms with E-state index in [-0.39, 0.29) is 17.5 Å². The Balaban J connectivity index is 2.84. The molecule has 2 atom stereocenters. The molecule has 1 rings (SSSR count). The van der Waals surface area contributed by atoms with Crippen molar-refractivity contribution >= 4 is 23.3 Å². The van der Waals surface area contributed by atoms with Crippen LogP contribution in [0.1, 0.15) is 13.8 Å². The maximum absolute atomic E-state index is 10.8. The van der Waals surface area contributed by atoms with Crippen molar-refractivity contribution in [3.05, 3.63) is 22.2 Å². The normalized spacial score (nSPS) is 13.7. The Morgan fingerprint density at radius 2 is 2.17 bits per heavy atom. The lowest BCUT2D eigenvalue weighted by Gasteiger charge is -2.18. The molecule has 4 N–H and O–H groups in total. The summed E-state index contributed by atoms with van der Waals surface area (Å²) in [4.78, 5) is 24.5. The van der Waals surface area contributed by atoms with Crippen molar-refractivity contribution in [2.75, 3.05) is 11.1 Å². The number of aliphatic carboxylic acids is 1. The highest BCUT2D eigenvalue weighted by Gasteiger charge is 2.20. The fourth-order valence-corrected chi connectivity index (χ4v) is 1.27. The number of rotatable bonds is 5. The molecule has 0 aliphatic heterocycles. The van der Waals surface area contributed by atoms with Crippen LogP contribution in [-0.4, -0.2) is 27.0 Å². The standard InChI is InChI=1S/C10H14N4O4/c1-5(10(15)16)6(2)12-8-4-3-7(14(17)18)9(11)13-8/h3-6H,1-2H3,(H,15,16)(H3,11,12,13). The number of anilines is 2. The number of nitrogens with zero attached hydrogens (tertiary/aromatic N) is 2. The van der Waals surface area contributed by atoms with Gasteiger partial charge in [-0.3, -0.25) is 14.9 Å². The molecule has 1 aromatic rings. The van der Waals surface area contributed by atoms with Crippen LogP contribution >= 0.6 is 0 Å². The molecule has 0 aliphatic carbocycles. The fourth-order valence-electron chi connectivity index (χ4n) is 1.27. The number of nitro groups is 1. The molecule has 0 saturated carbocycles. The van der Waals surface area contributed by atoms with E-state index in [2.05, 4.69) is 10.3 Å². The Labute approximate surface area is 103 Å². The molecule has 0 amide bonds. The summed E-state index contributed by atoms with van der Waals surface area (Å²) < 4.78 is 0. The average molecular weight is 254 g/mol. The smallest absolute Gasteiger partial charge is 0.311 e. The highest BCUT2D eigenvalue weighted by atomic mass is 16.6. The molecule has 0 spiro atoms. The highest BCUT2D eigenvalue weighted by molar-refractivity contribution is 5.71. The molecule has 0 radical (unpaired) electrons. The first-order valence-corrected chi connectivity index (χ1v) is 5.23. The third-order valence-corrected chi connectivity index (χ3v) is 2.61. The third kappa shape index (κ3) is 3.06. The summed E-state index contributed by atoms with van der Waals surface area (Å²) >= 11 is 0. The molecule has 98 valence electrons. The van der Waals surface area contributed by atoms with E-state index < -0.39 is 16.8 Å². The molecule has 8 nitrogen and oxygen atoms in total. The second-order valence-electron chi connectivity index (χ2n) is 3.92.